The van der Waals surface area contributed by atoms with Crippen molar-refractivity contribution in [3.05, 3.63) is 10.9 Å². The van der Waals surface area contributed by atoms with Gasteiger partial charge in [-0.15, -0.1) is 11.3 Å². The first-order valence-corrected chi connectivity index (χ1v) is 6.51. The van der Waals surface area contributed by atoms with Crippen molar-refractivity contribution in [3.8, 4) is 0 Å². The molecule has 19 heavy (non-hydrogen) atoms. The highest BCUT2D eigenvalue weighted by molar-refractivity contribution is 7.18. The number of aromatic nitrogens is 2. The largest absolute Gasteiger partial charge is 0.360 e. The van der Waals surface area contributed by atoms with Crippen LogP contribution >= 0.6 is 11.3 Å². The number of nitrogen functional groups attached to an aromatic ring is 1. The van der Waals surface area contributed by atoms with E-state index in [4.69, 9.17) is 5.84 Å². The molecule has 0 saturated heterocycles. The lowest BCUT2D eigenvalue weighted by Gasteiger charge is -2.12. The molecule has 0 aliphatic rings. The molecule has 2 rings (SSSR count). The third-order valence-electron chi connectivity index (χ3n) is 2.55. The summed E-state index contributed by atoms with van der Waals surface area (Å²) in [5.41, 5.74) is 2.43. The van der Waals surface area contributed by atoms with Gasteiger partial charge in [0.1, 0.15) is 10.6 Å². The van der Waals surface area contributed by atoms with E-state index in [-0.39, 0.29) is 12.5 Å². The molecule has 2 aromatic heterocycles. The van der Waals surface area contributed by atoms with Gasteiger partial charge in [0.15, 0.2) is 0 Å². The van der Waals surface area contributed by atoms with Crippen LogP contribution in [0, 0.1) is 6.92 Å². The van der Waals surface area contributed by atoms with Gasteiger partial charge in [-0.05, 0) is 13.0 Å². The van der Waals surface area contributed by atoms with Crippen LogP contribution in [0.25, 0.3) is 10.2 Å². The van der Waals surface area contributed by atoms with Crippen LogP contribution in [0.5, 0.6) is 0 Å². The smallest absolute Gasteiger partial charge is 0.241 e. The van der Waals surface area contributed by atoms with Crippen molar-refractivity contribution < 1.29 is 4.79 Å². The molecule has 0 saturated carbocycles. The van der Waals surface area contributed by atoms with Crippen molar-refractivity contribution in [2.24, 2.45) is 5.84 Å². The molecule has 0 spiro atoms. The first-order valence-electron chi connectivity index (χ1n) is 5.70. The van der Waals surface area contributed by atoms with E-state index in [0.29, 0.717) is 11.8 Å². The number of nitrogens with one attached hydrogen (secondary N) is 2. The molecule has 0 bridgehead atoms. The van der Waals surface area contributed by atoms with Gasteiger partial charge in [0.25, 0.3) is 0 Å². The number of carbonyl (C=O) groups is 1. The van der Waals surface area contributed by atoms with E-state index in [2.05, 4.69) is 20.7 Å². The molecule has 1 amide bonds. The van der Waals surface area contributed by atoms with Crippen molar-refractivity contribution in [2.75, 3.05) is 31.4 Å². The first kappa shape index (κ1) is 13.5. The maximum Gasteiger partial charge on any atom is 0.241 e. The molecule has 102 valence electrons. The second-order valence-corrected chi connectivity index (χ2v) is 5.49. The van der Waals surface area contributed by atoms with Gasteiger partial charge in [0, 0.05) is 19.0 Å². The van der Waals surface area contributed by atoms with Crippen LogP contribution in [0.15, 0.2) is 6.07 Å². The average molecular weight is 280 g/mol. The minimum atomic E-state index is -0.0269. The maximum absolute atomic E-state index is 11.6. The lowest BCUT2D eigenvalue weighted by Crippen LogP contribution is -2.29. The van der Waals surface area contributed by atoms with Crippen LogP contribution in [0.3, 0.4) is 0 Å². The minimum Gasteiger partial charge on any atom is -0.360 e. The summed E-state index contributed by atoms with van der Waals surface area (Å²) < 4.78 is 0. The monoisotopic (exact) mass is 280 g/mol. The van der Waals surface area contributed by atoms with E-state index in [1.54, 1.807) is 25.4 Å². The molecule has 0 atom stereocenters. The van der Waals surface area contributed by atoms with Crippen molar-refractivity contribution in [1.29, 1.82) is 0 Å². The fourth-order valence-corrected chi connectivity index (χ4v) is 2.44. The zero-order valence-electron chi connectivity index (χ0n) is 11.0. The topological polar surface area (TPSA) is 96.2 Å². The van der Waals surface area contributed by atoms with Crippen molar-refractivity contribution in [2.45, 2.75) is 6.92 Å². The van der Waals surface area contributed by atoms with Gasteiger partial charge in [0.2, 0.25) is 11.9 Å². The summed E-state index contributed by atoms with van der Waals surface area (Å²) >= 11 is 1.55. The molecular formula is C11H16N6OS. The number of aryl methyl sites for hydroxylation is 1. The van der Waals surface area contributed by atoms with Gasteiger partial charge in [-0.3, -0.25) is 10.2 Å². The molecule has 0 fully saturated rings. The standard InChI is InChI=1S/C11H16N6OS/c1-6-4-7-9(13-5-8(18)17(2)3)14-11(16-12)15-10(7)19-6/h4H,5,12H2,1-3H3,(H2,13,14,15,16). The average Bonchev–Trinajstić information content (AvgIpc) is 2.75. The van der Waals surface area contributed by atoms with E-state index in [9.17, 15) is 4.79 Å². The maximum atomic E-state index is 11.6. The number of nitrogens with two attached hydrogens (primary N) is 1. The Morgan fingerprint density at radius 1 is 1.47 bits per heavy atom. The quantitative estimate of drug-likeness (QED) is 0.566. The normalized spacial score (nSPS) is 10.5. The summed E-state index contributed by atoms with van der Waals surface area (Å²) in [7, 11) is 3.42. The van der Waals surface area contributed by atoms with Gasteiger partial charge < -0.3 is 10.2 Å². The number of carbonyl (C=O) groups excluding carboxylic acids is 1. The summed E-state index contributed by atoms with van der Waals surface area (Å²) in [5.74, 6) is 6.26. The van der Waals surface area contributed by atoms with E-state index in [0.717, 1.165) is 15.1 Å². The Labute approximate surface area is 114 Å². The first-order chi connectivity index (χ1) is 9.01. The molecule has 0 radical (unpaired) electrons. The lowest BCUT2D eigenvalue weighted by molar-refractivity contribution is -0.126. The summed E-state index contributed by atoms with van der Waals surface area (Å²) in [6.45, 7) is 2.18. The Bertz CT molecular complexity index is 608. The Hall–Kier alpha value is -1.93. The van der Waals surface area contributed by atoms with Gasteiger partial charge in [-0.2, -0.15) is 4.98 Å². The van der Waals surface area contributed by atoms with Gasteiger partial charge in [-0.1, -0.05) is 0 Å². The number of fused-ring (bicyclic) bond motifs is 1. The predicted molar refractivity (Wildman–Crippen MR) is 77.1 cm³/mol. The number of anilines is 2. The van der Waals surface area contributed by atoms with Gasteiger partial charge in [-0.25, -0.2) is 10.8 Å². The number of hydrazine groups is 1. The van der Waals surface area contributed by atoms with Gasteiger partial charge >= 0.3 is 0 Å². The number of rotatable bonds is 4. The van der Waals surface area contributed by atoms with Crippen LogP contribution < -0.4 is 16.6 Å². The summed E-state index contributed by atoms with van der Waals surface area (Å²) in [5, 5.41) is 3.92. The third-order valence-corrected chi connectivity index (χ3v) is 3.50. The van der Waals surface area contributed by atoms with Crippen LogP contribution in [-0.2, 0) is 4.79 Å². The molecule has 0 aliphatic carbocycles. The SMILES string of the molecule is Cc1cc2c(NCC(=O)N(C)C)nc(NN)nc2s1. The number of thiophene rings is 1. The number of hydrogen-bond donors (Lipinski definition) is 3. The Morgan fingerprint density at radius 3 is 2.84 bits per heavy atom. The highest BCUT2D eigenvalue weighted by Gasteiger charge is 2.11. The molecule has 7 nitrogen and oxygen atoms in total. The molecule has 0 aliphatic heterocycles. The molecule has 0 aromatic carbocycles. The highest BCUT2D eigenvalue weighted by atomic mass is 32.1. The molecule has 2 heterocycles. The fraction of sp³-hybridized carbons (Fsp3) is 0.364. The van der Waals surface area contributed by atoms with Crippen molar-refractivity contribution >= 4 is 39.2 Å². The second-order valence-electron chi connectivity index (χ2n) is 4.26. The van der Waals surface area contributed by atoms with Crippen molar-refractivity contribution in [1.82, 2.24) is 14.9 Å². The van der Waals surface area contributed by atoms with Crippen LogP contribution in [0.1, 0.15) is 4.88 Å². The zero-order chi connectivity index (χ0) is 14.0. The summed E-state index contributed by atoms with van der Waals surface area (Å²) in [6, 6.07) is 1.99. The molecule has 8 heteroatoms. The second kappa shape index (κ2) is 5.37. The van der Waals surface area contributed by atoms with E-state index in [1.165, 1.54) is 4.90 Å². The molecular weight excluding hydrogens is 264 g/mol. The van der Waals surface area contributed by atoms with Gasteiger partial charge in [0.05, 0.1) is 11.9 Å². The predicted octanol–water partition coefficient (Wildman–Crippen LogP) is 0.785. The molecule has 4 N–H and O–H groups in total. The van der Waals surface area contributed by atoms with E-state index in [1.807, 2.05) is 13.0 Å². The van der Waals surface area contributed by atoms with Crippen molar-refractivity contribution in [3.63, 3.8) is 0 Å². The Balaban J connectivity index is 2.32. The Kier molecular flexibility index (Phi) is 3.82. The zero-order valence-corrected chi connectivity index (χ0v) is 11.8. The van der Waals surface area contributed by atoms with Crippen LogP contribution in [0.4, 0.5) is 11.8 Å². The van der Waals surface area contributed by atoms with Crippen LogP contribution in [-0.4, -0.2) is 41.4 Å². The molecule has 0 unspecified atom stereocenters. The molecule has 2 aromatic rings. The highest BCUT2D eigenvalue weighted by Crippen LogP contribution is 2.29. The van der Waals surface area contributed by atoms with Crippen LogP contribution in [0.2, 0.25) is 0 Å². The number of hydrogen-bond acceptors (Lipinski definition) is 7. The van der Waals surface area contributed by atoms with E-state index < -0.39 is 0 Å². The Morgan fingerprint density at radius 2 is 2.21 bits per heavy atom. The number of amides is 1. The third kappa shape index (κ3) is 2.91. The fourth-order valence-electron chi connectivity index (χ4n) is 1.56. The number of likely N-dealkylation sites (N-methyl/N-ethyl adjacent to an activating group) is 1. The number of nitrogens with zero attached hydrogens (tertiary/aromatic N) is 3. The summed E-state index contributed by atoms with van der Waals surface area (Å²) in [6.07, 6.45) is 0. The minimum absolute atomic E-state index is 0.0269. The van der Waals surface area contributed by atoms with E-state index >= 15 is 0 Å². The summed E-state index contributed by atoms with van der Waals surface area (Å²) in [4.78, 5) is 23.6. The lowest BCUT2D eigenvalue weighted by atomic mass is 10.3.